The number of rotatable bonds is 1. The Morgan fingerprint density at radius 3 is 2.64 bits per heavy atom. The van der Waals surface area contributed by atoms with Gasteiger partial charge in [0.05, 0.1) is 6.10 Å². The number of hydrogen-bond donors (Lipinski definition) is 1. The third-order valence-electron chi connectivity index (χ3n) is 8.78. The molecule has 0 amide bonds. The minimum atomic E-state index is -0.163. The molecule has 0 aliphatic heterocycles. The maximum absolute atomic E-state index is 10.0. The van der Waals surface area contributed by atoms with Crippen LogP contribution in [-0.2, 0) is 0 Å². The van der Waals surface area contributed by atoms with Gasteiger partial charge in [-0.3, -0.25) is 0 Å². The number of aliphatic hydroxyl groups excluding tert-OH is 1. The van der Waals surface area contributed by atoms with Gasteiger partial charge in [0.15, 0.2) is 0 Å². The molecule has 4 rings (SSSR count). The molecule has 7 atom stereocenters. The van der Waals surface area contributed by atoms with Gasteiger partial charge in [-0.1, -0.05) is 38.8 Å². The van der Waals surface area contributed by atoms with Crippen LogP contribution >= 0.6 is 0 Å². The van der Waals surface area contributed by atoms with Crippen molar-refractivity contribution in [2.75, 3.05) is 0 Å². The zero-order valence-corrected chi connectivity index (χ0v) is 14.8. The molecule has 124 valence electrons. The van der Waals surface area contributed by atoms with E-state index in [2.05, 4.69) is 26.8 Å². The van der Waals surface area contributed by atoms with Crippen molar-refractivity contribution < 1.29 is 5.11 Å². The fourth-order valence-corrected chi connectivity index (χ4v) is 7.49. The van der Waals surface area contributed by atoms with Crippen LogP contribution in [0.1, 0.15) is 78.6 Å². The highest BCUT2D eigenvalue weighted by atomic mass is 16.3. The average molecular weight is 303 g/mol. The Bertz CT molecular complexity index is 480. The molecule has 1 unspecified atom stereocenters. The highest BCUT2D eigenvalue weighted by Gasteiger charge is 2.58. The standard InChI is InChI=1S/C21H34O/c1-4-14-6-8-18-17-7-5-15-13-16(22)9-11-21(15,3)19(17)10-12-20(14,18)2/h13-14,16-19,22H,4-12H2,1-3H3/t14-,16?,17-,18-,19-,20+,21-/m0/s1. The van der Waals surface area contributed by atoms with Crippen molar-refractivity contribution in [1.29, 1.82) is 0 Å². The molecule has 0 heterocycles. The van der Waals surface area contributed by atoms with E-state index in [1.165, 1.54) is 51.4 Å². The van der Waals surface area contributed by atoms with Crippen LogP contribution in [0, 0.1) is 34.5 Å². The Balaban J connectivity index is 1.65. The molecule has 1 nitrogen and oxygen atoms in total. The van der Waals surface area contributed by atoms with E-state index in [1.807, 2.05) is 0 Å². The molecule has 0 aromatic rings. The second-order valence-electron chi connectivity index (χ2n) is 9.36. The van der Waals surface area contributed by atoms with E-state index in [0.29, 0.717) is 10.8 Å². The Labute approximate surface area is 136 Å². The van der Waals surface area contributed by atoms with E-state index in [-0.39, 0.29) is 6.10 Å². The fraction of sp³-hybridized carbons (Fsp3) is 0.905. The summed E-state index contributed by atoms with van der Waals surface area (Å²) < 4.78 is 0. The first-order valence-corrected chi connectivity index (χ1v) is 9.88. The average Bonchev–Trinajstić information content (AvgIpc) is 2.84. The maximum atomic E-state index is 10.0. The number of allylic oxidation sites excluding steroid dienone is 1. The Morgan fingerprint density at radius 2 is 1.86 bits per heavy atom. The van der Waals surface area contributed by atoms with Gasteiger partial charge in [0.25, 0.3) is 0 Å². The van der Waals surface area contributed by atoms with Gasteiger partial charge < -0.3 is 5.11 Å². The summed E-state index contributed by atoms with van der Waals surface area (Å²) in [5.41, 5.74) is 2.66. The number of aliphatic hydroxyl groups is 1. The van der Waals surface area contributed by atoms with Crippen LogP contribution < -0.4 is 0 Å². The summed E-state index contributed by atoms with van der Waals surface area (Å²) in [5, 5.41) is 10.0. The molecular weight excluding hydrogens is 268 g/mol. The molecule has 0 aromatic heterocycles. The van der Waals surface area contributed by atoms with Crippen LogP contribution in [-0.4, -0.2) is 11.2 Å². The van der Waals surface area contributed by atoms with Gasteiger partial charge in [0.1, 0.15) is 0 Å². The smallest absolute Gasteiger partial charge is 0.0724 e. The van der Waals surface area contributed by atoms with Crippen molar-refractivity contribution in [2.24, 2.45) is 34.5 Å². The summed E-state index contributed by atoms with van der Waals surface area (Å²) in [4.78, 5) is 0. The predicted molar refractivity (Wildman–Crippen MR) is 91.5 cm³/mol. The van der Waals surface area contributed by atoms with Gasteiger partial charge in [0.2, 0.25) is 0 Å². The van der Waals surface area contributed by atoms with E-state index >= 15 is 0 Å². The van der Waals surface area contributed by atoms with Crippen LogP contribution in [0.25, 0.3) is 0 Å². The maximum Gasteiger partial charge on any atom is 0.0724 e. The lowest BCUT2D eigenvalue weighted by Crippen LogP contribution is -2.50. The van der Waals surface area contributed by atoms with Gasteiger partial charge in [-0.05, 0) is 85.9 Å². The second kappa shape index (κ2) is 5.10. The van der Waals surface area contributed by atoms with Gasteiger partial charge in [-0.25, -0.2) is 0 Å². The minimum absolute atomic E-state index is 0.163. The normalized spacial score (nSPS) is 54.2. The molecule has 3 saturated carbocycles. The van der Waals surface area contributed by atoms with E-state index in [0.717, 1.165) is 30.1 Å². The van der Waals surface area contributed by atoms with Crippen LogP contribution in [0.15, 0.2) is 11.6 Å². The third kappa shape index (κ3) is 1.93. The summed E-state index contributed by atoms with van der Waals surface area (Å²) in [6, 6.07) is 0. The molecule has 1 heteroatoms. The van der Waals surface area contributed by atoms with Gasteiger partial charge in [0, 0.05) is 0 Å². The quantitative estimate of drug-likeness (QED) is 0.648. The lowest BCUT2D eigenvalue weighted by Gasteiger charge is -2.58. The summed E-state index contributed by atoms with van der Waals surface area (Å²) in [5.74, 6) is 3.83. The van der Waals surface area contributed by atoms with Crippen LogP contribution in [0.3, 0.4) is 0 Å². The molecular formula is C21H34O. The summed E-state index contributed by atoms with van der Waals surface area (Å²) >= 11 is 0. The number of hydrogen-bond acceptors (Lipinski definition) is 1. The summed E-state index contributed by atoms with van der Waals surface area (Å²) in [6.07, 6.45) is 14.2. The van der Waals surface area contributed by atoms with Crippen LogP contribution in [0.2, 0.25) is 0 Å². The van der Waals surface area contributed by atoms with Crippen molar-refractivity contribution in [3.63, 3.8) is 0 Å². The first kappa shape index (κ1) is 15.2. The van der Waals surface area contributed by atoms with Crippen molar-refractivity contribution >= 4 is 0 Å². The molecule has 0 spiro atoms. The topological polar surface area (TPSA) is 20.2 Å². The first-order chi connectivity index (χ1) is 10.5. The molecule has 0 radical (unpaired) electrons. The third-order valence-corrected chi connectivity index (χ3v) is 8.78. The zero-order valence-electron chi connectivity index (χ0n) is 14.8. The highest BCUT2D eigenvalue weighted by Crippen LogP contribution is 2.67. The monoisotopic (exact) mass is 302 g/mol. The van der Waals surface area contributed by atoms with Gasteiger partial charge in [-0.15, -0.1) is 0 Å². The van der Waals surface area contributed by atoms with E-state index in [1.54, 1.807) is 5.57 Å². The molecule has 0 aromatic carbocycles. The summed E-state index contributed by atoms with van der Waals surface area (Å²) in [6.45, 7) is 7.58. The number of fused-ring (bicyclic) bond motifs is 5. The van der Waals surface area contributed by atoms with Crippen molar-refractivity contribution in [3.05, 3.63) is 11.6 Å². The second-order valence-corrected chi connectivity index (χ2v) is 9.36. The van der Waals surface area contributed by atoms with Crippen molar-refractivity contribution in [1.82, 2.24) is 0 Å². The molecule has 0 bridgehead atoms. The van der Waals surface area contributed by atoms with E-state index in [9.17, 15) is 5.11 Å². The molecule has 4 aliphatic carbocycles. The van der Waals surface area contributed by atoms with Crippen molar-refractivity contribution in [2.45, 2.75) is 84.7 Å². The lowest BCUT2D eigenvalue weighted by atomic mass is 9.46. The van der Waals surface area contributed by atoms with Crippen LogP contribution in [0.4, 0.5) is 0 Å². The highest BCUT2D eigenvalue weighted by molar-refractivity contribution is 5.25. The molecule has 22 heavy (non-hydrogen) atoms. The largest absolute Gasteiger partial charge is 0.389 e. The lowest BCUT2D eigenvalue weighted by molar-refractivity contribution is -0.0554. The SMILES string of the molecule is CC[C@H]1CC[C@H]2[C@@H]3CCC4=CC(O)CC[C@]4(C)[C@H]3CC[C@]12C. The molecule has 1 N–H and O–H groups in total. The van der Waals surface area contributed by atoms with Crippen molar-refractivity contribution in [3.8, 4) is 0 Å². The van der Waals surface area contributed by atoms with Crippen LogP contribution in [0.5, 0.6) is 0 Å². The van der Waals surface area contributed by atoms with Gasteiger partial charge in [-0.2, -0.15) is 0 Å². The first-order valence-electron chi connectivity index (χ1n) is 9.88. The summed E-state index contributed by atoms with van der Waals surface area (Å²) in [7, 11) is 0. The van der Waals surface area contributed by atoms with E-state index in [4.69, 9.17) is 0 Å². The molecule has 3 fully saturated rings. The molecule has 4 aliphatic rings. The Morgan fingerprint density at radius 1 is 1.05 bits per heavy atom. The minimum Gasteiger partial charge on any atom is -0.389 e. The predicted octanol–water partition coefficient (Wildman–Crippen LogP) is 5.34. The molecule has 0 saturated heterocycles. The van der Waals surface area contributed by atoms with Gasteiger partial charge >= 0.3 is 0 Å². The fourth-order valence-electron chi connectivity index (χ4n) is 7.49. The Hall–Kier alpha value is -0.300. The van der Waals surface area contributed by atoms with E-state index < -0.39 is 0 Å². The zero-order chi connectivity index (χ0) is 15.5. The Kier molecular flexibility index (Phi) is 3.53.